The fraction of sp³-hybridized carbons (Fsp3) is 0.133. The first kappa shape index (κ1) is 25.1. The second-order valence-corrected chi connectivity index (χ2v) is 11.5. The molecule has 0 spiro atoms. The van der Waals surface area contributed by atoms with Crippen LogP contribution in [-0.2, 0) is 15.3 Å². The van der Waals surface area contributed by atoms with Crippen LogP contribution in [0.2, 0.25) is 0 Å². The highest BCUT2D eigenvalue weighted by atomic mass is 32.2. The van der Waals surface area contributed by atoms with E-state index in [1.807, 2.05) is 44.2 Å². The topological polar surface area (TPSA) is 96.5 Å². The summed E-state index contributed by atoms with van der Waals surface area (Å²) in [5, 5.41) is 22.5. The van der Waals surface area contributed by atoms with Crippen LogP contribution >= 0.6 is 23.1 Å². The minimum atomic E-state index is -0.969. The van der Waals surface area contributed by atoms with Crippen molar-refractivity contribution in [2.45, 2.75) is 30.0 Å². The molecule has 1 saturated heterocycles. The summed E-state index contributed by atoms with van der Waals surface area (Å²) in [4.78, 5) is 28.0. The van der Waals surface area contributed by atoms with Crippen molar-refractivity contribution in [2.75, 3.05) is 4.90 Å². The smallest absolute Gasteiger partial charge is 0.302 e. The van der Waals surface area contributed by atoms with E-state index in [0.29, 0.717) is 21.4 Å². The lowest BCUT2D eigenvalue weighted by atomic mass is 9.96. The third-order valence-corrected chi connectivity index (χ3v) is 8.84. The standard InChI is InChI=1S/C30H23N3O4S2/c1-17-12-13-18(2)22(15-17)26(34)24-25(23-11-6-14-37-23)33(28(36)27(24)35)29-31-32-30(39-29)38-16-20-9-5-8-19-7-3-4-10-21(19)20/h3-15,25,34H,16H2,1-2H3/b26-24+. The van der Waals surface area contributed by atoms with E-state index in [4.69, 9.17) is 4.42 Å². The number of ketones is 1. The molecule has 1 fully saturated rings. The lowest BCUT2D eigenvalue weighted by molar-refractivity contribution is -0.132. The number of benzene rings is 3. The molecule has 1 aliphatic rings. The van der Waals surface area contributed by atoms with Gasteiger partial charge in [-0.2, -0.15) is 0 Å². The van der Waals surface area contributed by atoms with Gasteiger partial charge in [-0.25, -0.2) is 0 Å². The van der Waals surface area contributed by atoms with Gasteiger partial charge in [0.15, 0.2) is 4.34 Å². The van der Waals surface area contributed by atoms with Crippen molar-refractivity contribution < 1.29 is 19.1 Å². The Morgan fingerprint density at radius 1 is 1.03 bits per heavy atom. The number of amides is 1. The summed E-state index contributed by atoms with van der Waals surface area (Å²) in [6.07, 6.45) is 1.47. The van der Waals surface area contributed by atoms with Crippen molar-refractivity contribution in [3.05, 3.63) is 113 Å². The highest BCUT2D eigenvalue weighted by Gasteiger charge is 2.49. The van der Waals surface area contributed by atoms with Crippen LogP contribution in [0.4, 0.5) is 5.13 Å². The van der Waals surface area contributed by atoms with Crippen LogP contribution in [0.25, 0.3) is 16.5 Å². The second-order valence-electron chi connectivity index (χ2n) is 9.28. The Labute approximate surface area is 232 Å². The molecule has 194 valence electrons. The number of aryl methyl sites for hydroxylation is 2. The molecular weight excluding hydrogens is 530 g/mol. The predicted octanol–water partition coefficient (Wildman–Crippen LogP) is 6.82. The largest absolute Gasteiger partial charge is 0.507 e. The fourth-order valence-electron chi connectivity index (χ4n) is 4.80. The molecular formula is C30H23N3O4S2. The number of hydrogen-bond donors (Lipinski definition) is 1. The molecule has 1 unspecified atom stereocenters. The summed E-state index contributed by atoms with van der Waals surface area (Å²) in [6.45, 7) is 3.74. The zero-order valence-corrected chi connectivity index (χ0v) is 22.8. The van der Waals surface area contributed by atoms with Gasteiger partial charge in [-0.05, 0) is 53.9 Å². The van der Waals surface area contributed by atoms with Gasteiger partial charge in [0.1, 0.15) is 17.6 Å². The number of rotatable bonds is 6. The number of carbonyl (C=O) groups is 2. The van der Waals surface area contributed by atoms with Crippen molar-refractivity contribution in [1.82, 2.24) is 10.2 Å². The van der Waals surface area contributed by atoms with Crippen LogP contribution in [-0.4, -0.2) is 27.0 Å². The number of fused-ring (bicyclic) bond motifs is 1. The van der Waals surface area contributed by atoms with Gasteiger partial charge >= 0.3 is 5.91 Å². The number of furan rings is 1. The van der Waals surface area contributed by atoms with Crippen LogP contribution in [0.1, 0.15) is 34.1 Å². The molecule has 1 N–H and O–H groups in total. The van der Waals surface area contributed by atoms with E-state index in [1.165, 1.54) is 50.6 Å². The highest BCUT2D eigenvalue weighted by molar-refractivity contribution is 8.00. The molecule has 9 heteroatoms. The zero-order chi connectivity index (χ0) is 27.1. The lowest BCUT2D eigenvalue weighted by Crippen LogP contribution is -2.29. The molecule has 6 rings (SSSR count). The molecule has 5 aromatic rings. The van der Waals surface area contributed by atoms with E-state index in [-0.39, 0.29) is 16.5 Å². The molecule has 0 aliphatic carbocycles. The molecule has 0 radical (unpaired) electrons. The Morgan fingerprint density at radius 3 is 2.67 bits per heavy atom. The Balaban J connectivity index is 1.36. The first-order valence-electron chi connectivity index (χ1n) is 12.3. The molecule has 1 aliphatic heterocycles. The van der Waals surface area contributed by atoms with Crippen molar-refractivity contribution in [3.63, 3.8) is 0 Å². The van der Waals surface area contributed by atoms with E-state index >= 15 is 0 Å². The summed E-state index contributed by atoms with van der Waals surface area (Å²) in [5.41, 5.74) is 3.32. The van der Waals surface area contributed by atoms with Crippen molar-refractivity contribution in [1.29, 1.82) is 0 Å². The maximum atomic E-state index is 13.4. The van der Waals surface area contributed by atoms with E-state index in [0.717, 1.165) is 11.1 Å². The molecule has 1 amide bonds. The monoisotopic (exact) mass is 553 g/mol. The molecule has 0 saturated carbocycles. The van der Waals surface area contributed by atoms with E-state index in [9.17, 15) is 14.7 Å². The number of hydrogen-bond acceptors (Lipinski definition) is 8. The van der Waals surface area contributed by atoms with E-state index in [2.05, 4.69) is 34.5 Å². The Kier molecular flexibility index (Phi) is 6.54. The van der Waals surface area contributed by atoms with Gasteiger partial charge in [-0.15, -0.1) is 10.2 Å². The maximum absolute atomic E-state index is 13.4. The number of aromatic nitrogens is 2. The fourth-order valence-corrected chi connectivity index (χ4v) is 6.67. The highest BCUT2D eigenvalue weighted by Crippen LogP contribution is 2.44. The van der Waals surface area contributed by atoms with Crippen LogP contribution in [0.15, 0.2) is 93.4 Å². The van der Waals surface area contributed by atoms with Crippen LogP contribution in [0.3, 0.4) is 0 Å². The van der Waals surface area contributed by atoms with E-state index in [1.54, 1.807) is 18.2 Å². The minimum absolute atomic E-state index is 0.0381. The Hall–Kier alpha value is -4.21. The molecule has 3 heterocycles. The SMILES string of the molecule is Cc1ccc(C)c(/C(O)=C2\C(=O)C(=O)N(c3nnc(SCc4cccc5ccccc45)s3)C2c2ccco2)c1. The number of Topliss-reactive ketones (excluding diaryl/α,β-unsaturated/α-hetero) is 1. The van der Waals surface area contributed by atoms with Crippen molar-refractivity contribution in [2.24, 2.45) is 0 Å². The summed E-state index contributed by atoms with van der Waals surface area (Å²) in [6, 6.07) is 22.4. The average Bonchev–Trinajstić information content (AvgIpc) is 3.69. The number of carbonyl (C=O) groups excluding carboxylic acids is 2. The van der Waals surface area contributed by atoms with Gasteiger partial charge in [0, 0.05) is 11.3 Å². The zero-order valence-electron chi connectivity index (χ0n) is 21.1. The third-order valence-electron chi connectivity index (χ3n) is 6.74. The molecule has 0 bridgehead atoms. The number of thioether (sulfide) groups is 1. The van der Waals surface area contributed by atoms with Crippen LogP contribution in [0.5, 0.6) is 0 Å². The van der Waals surface area contributed by atoms with E-state index < -0.39 is 17.7 Å². The quantitative estimate of drug-likeness (QED) is 0.0810. The van der Waals surface area contributed by atoms with Crippen molar-refractivity contribution >= 4 is 56.5 Å². The van der Waals surface area contributed by atoms with Gasteiger partial charge in [0.05, 0.1) is 11.8 Å². The molecule has 2 aromatic heterocycles. The summed E-state index contributed by atoms with van der Waals surface area (Å²) in [7, 11) is 0. The maximum Gasteiger partial charge on any atom is 0.302 e. The van der Waals surface area contributed by atoms with Crippen LogP contribution < -0.4 is 4.90 Å². The first-order valence-corrected chi connectivity index (χ1v) is 14.1. The van der Waals surface area contributed by atoms with Crippen molar-refractivity contribution in [3.8, 4) is 0 Å². The van der Waals surface area contributed by atoms with Gasteiger partial charge in [0.25, 0.3) is 5.78 Å². The number of aliphatic hydroxyl groups is 1. The Bertz CT molecular complexity index is 1750. The van der Waals surface area contributed by atoms with Gasteiger partial charge in [-0.3, -0.25) is 14.5 Å². The lowest BCUT2D eigenvalue weighted by Gasteiger charge is -2.20. The van der Waals surface area contributed by atoms with Crippen LogP contribution in [0, 0.1) is 13.8 Å². The molecule has 1 atom stereocenters. The second kappa shape index (κ2) is 10.2. The number of anilines is 1. The first-order chi connectivity index (χ1) is 18.9. The summed E-state index contributed by atoms with van der Waals surface area (Å²) < 4.78 is 6.31. The molecule has 39 heavy (non-hydrogen) atoms. The summed E-state index contributed by atoms with van der Waals surface area (Å²) in [5.74, 6) is -0.807. The summed E-state index contributed by atoms with van der Waals surface area (Å²) >= 11 is 2.74. The normalized spacial score (nSPS) is 16.9. The van der Waals surface area contributed by atoms with Gasteiger partial charge < -0.3 is 9.52 Å². The molecule has 3 aromatic carbocycles. The number of nitrogens with zero attached hydrogens (tertiary/aromatic N) is 3. The average molecular weight is 554 g/mol. The molecule has 7 nitrogen and oxygen atoms in total. The number of aliphatic hydroxyl groups excluding tert-OH is 1. The predicted molar refractivity (Wildman–Crippen MR) is 153 cm³/mol. The Morgan fingerprint density at radius 2 is 1.85 bits per heavy atom. The minimum Gasteiger partial charge on any atom is -0.507 e. The van der Waals surface area contributed by atoms with Gasteiger partial charge in [0.2, 0.25) is 5.13 Å². The van der Waals surface area contributed by atoms with Gasteiger partial charge in [-0.1, -0.05) is 83.3 Å². The third kappa shape index (κ3) is 4.53.